The van der Waals surface area contributed by atoms with Crippen LogP contribution in [-0.4, -0.2) is 64.1 Å². The summed E-state index contributed by atoms with van der Waals surface area (Å²) >= 11 is 0. The zero-order valence-electron chi connectivity index (χ0n) is 20.3. The minimum absolute atomic E-state index is 0.116. The number of aromatic nitrogens is 1. The summed E-state index contributed by atoms with van der Waals surface area (Å²) in [5, 5.41) is 13.9. The fraction of sp³-hybridized carbons (Fsp3) is 0.333. The Morgan fingerprint density at radius 3 is 2.86 bits per heavy atom. The summed E-state index contributed by atoms with van der Waals surface area (Å²) in [7, 11) is 1.41. The lowest BCUT2D eigenvalue weighted by Crippen LogP contribution is -2.53. The highest BCUT2D eigenvalue weighted by Gasteiger charge is 2.59. The number of phenolic OH excluding ortho intramolecular Hbond substituents is 1. The molecule has 2 aliphatic rings. The smallest absolute Gasteiger partial charge is 0.328 e. The molecule has 8 nitrogen and oxygen atoms in total. The van der Waals surface area contributed by atoms with Gasteiger partial charge in [0.2, 0.25) is 0 Å². The van der Waals surface area contributed by atoms with E-state index in [-0.39, 0.29) is 36.4 Å². The number of aromatic amines is 1. The van der Waals surface area contributed by atoms with Gasteiger partial charge in [-0.3, -0.25) is 9.69 Å². The van der Waals surface area contributed by atoms with E-state index in [2.05, 4.69) is 16.9 Å². The number of nitrogens with zero attached hydrogens (tertiary/aromatic N) is 2. The Bertz CT molecular complexity index is 1370. The molecule has 0 saturated carbocycles. The Morgan fingerprint density at radius 1 is 1.33 bits per heavy atom. The molecule has 0 spiro atoms. The summed E-state index contributed by atoms with van der Waals surface area (Å²) in [6.45, 7) is 6.74. The normalized spacial score (nSPS) is 21.1. The van der Waals surface area contributed by atoms with Crippen molar-refractivity contribution in [2.24, 2.45) is 0 Å². The molecule has 3 aromatic rings. The maximum absolute atomic E-state index is 14.5. The standard InChI is InChI=1S/C27H29FN4O4/c1-4-8-29-9-10-31-25(34)27(2)15-19-18-13-23(36-3)20(28)14-21(18)30-24(19)22(32(27)26(31)35)12-16-6-5-7-17(33)11-16/h4-7,11,13-14,22,29-30,33H,1,8-10,12,15H2,2-3H3/t22?,27-/m0/s1. The molecule has 2 atom stereocenters. The number of H-pyrrole nitrogens is 1. The molecule has 3 N–H and O–H groups in total. The van der Waals surface area contributed by atoms with E-state index in [0.29, 0.717) is 25.0 Å². The van der Waals surface area contributed by atoms with E-state index in [9.17, 15) is 19.1 Å². The lowest BCUT2D eigenvalue weighted by molar-refractivity contribution is -0.133. The molecule has 1 saturated heterocycles. The van der Waals surface area contributed by atoms with Gasteiger partial charge in [0.1, 0.15) is 11.3 Å². The molecule has 1 aromatic heterocycles. The molecule has 5 rings (SSSR count). The molecule has 3 heterocycles. The number of hydrogen-bond donors (Lipinski definition) is 3. The van der Waals surface area contributed by atoms with Crippen molar-refractivity contribution in [3.8, 4) is 11.5 Å². The Labute approximate surface area is 208 Å². The first-order valence-corrected chi connectivity index (χ1v) is 11.9. The van der Waals surface area contributed by atoms with Crippen molar-refractivity contribution in [1.82, 2.24) is 20.1 Å². The second kappa shape index (κ2) is 8.98. The number of phenols is 1. The van der Waals surface area contributed by atoms with Crippen LogP contribution < -0.4 is 10.1 Å². The highest BCUT2D eigenvalue weighted by Crippen LogP contribution is 2.48. The van der Waals surface area contributed by atoms with Gasteiger partial charge >= 0.3 is 6.03 Å². The highest BCUT2D eigenvalue weighted by atomic mass is 19.1. The molecule has 0 aliphatic carbocycles. The molecule has 2 aromatic carbocycles. The number of carbonyl (C=O) groups is 2. The number of imide groups is 1. The largest absolute Gasteiger partial charge is 0.508 e. The number of fused-ring (bicyclic) bond motifs is 4. The lowest BCUT2D eigenvalue weighted by atomic mass is 9.81. The summed E-state index contributed by atoms with van der Waals surface area (Å²) < 4.78 is 19.7. The van der Waals surface area contributed by atoms with E-state index in [1.807, 2.05) is 6.07 Å². The molecule has 1 fully saturated rings. The summed E-state index contributed by atoms with van der Waals surface area (Å²) in [5.41, 5.74) is 1.89. The number of aromatic hydroxyl groups is 1. The van der Waals surface area contributed by atoms with Gasteiger partial charge in [-0.2, -0.15) is 0 Å². The van der Waals surface area contributed by atoms with Crippen molar-refractivity contribution in [2.75, 3.05) is 26.7 Å². The molecule has 188 valence electrons. The molecular weight excluding hydrogens is 463 g/mol. The van der Waals surface area contributed by atoms with E-state index >= 15 is 0 Å². The lowest BCUT2D eigenvalue weighted by Gasteiger charge is -2.42. The van der Waals surface area contributed by atoms with Crippen molar-refractivity contribution in [1.29, 1.82) is 0 Å². The molecule has 36 heavy (non-hydrogen) atoms. The monoisotopic (exact) mass is 492 g/mol. The maximum Gasteiger partial charge on any atom is 0.328 e. The van der Waals surface area contributed by atoms with Gasteiger partial charge < -0.3 is 25.0 Å². The molecule has 9 heteroatoms. The summed E-state index contributed by atoms with van der Waals surface area (Å²) in [5.74, 6) is -0.522. The molecular formula is C27H29FN4O4. The third kappa shape index (κ3) is 3.71. The number of rotatable bonds is 8. The molecule has 1 unspecified atom stereocenters. The number of hydrogen-bond acceptors (Lipinski definition) is 5. The molecule has 3 amide bonds. The predicted octanol–water partition coefficient (Wildman–Crippen LogP) is 3.66. The fourth-order valence-corrected chi connectivity index (χ4v) is 5.53. The second-order valence-electron chi connectivity index (χ2n) is 9.49. The van der Waals surface area contributed by atoms with Crippen molar-refractivity contribution < 1.29 is 23.8 Å². The van der Waals surface area contributed by atoms with Crippen LogP contribution in [0.1, 0.15) is 29.8 Å². The van der Waals surface area contributed by atoms with Crippen molar-refractivity contribution >= 4 is 22.8 Å². The molecule has 0 bridgehead atoms. The Hall–Kier alpha value is -3.85. The number of carbonyl (C=O) groups excluding carboxylic acids is 2. The van der Waals surface area contributed by atoms with Gasteiger partial charge in [0.05, 0.1) is 13.2 Å². The summed E-state index contributed by atoms with van der Waals surface area (Å²) in [6.07, 6.45) is 2.37. The van der Waals surface area contributed by atoms with Crippen LogP contribution in [0.25, 0.3) is 10.9 Å². The molecule has 0 radical (unpaired) electrons. The SMILES string of the molecule is C=CCNCCN1C(=O)N2C(Cc3cccc(O)c3)c3[nH]c4cc(F)c(OC)cc4c3C[C@@]2(C)C1=O. The van der Waals surface area contributed by atoms with E-state index in [1.165, 1.54) is 18.1 Å². The number of benzene rings is 2. The van der Waals surface area contributed by atoms with Gasteiger partial charge in [-0.1, -0.05) is 18.2 Å². The number of methoxy groups -OCH3 is 1. The van der Waals surface area contributed by atoms with Crippen LogP contribution in [0, 0.1) is 5.82 Å². The van der Waals surface area contributed by atoms with Crippen molar-refractivity contribution in [3.63, 3.8) is 0 Å². The predicted molar refractivity (Wildman–Crippen MR) is 133 cm³/mol. The average molecular weight is 493 g/mol. The number of nitrogens with one attached hydrogen (secondary N) is 2. The first-order chi connectivity index (χ1) is 17.3. The van der Waals surface area contributed by atoms with Crippen molar-refractivity contribution in [3.05, 3.63) is 71.7 Å². The number of ether oxygens (including phenoxy) is 1. The quantitative estimate of drug-likeness (QED) is 0.253. The molecule has 2 aliphatic heterocycles. The number of urea groups is 1. The average Bonchev–Trinajstić information content (AvgIpc) is 3.28. The van der Waals surface area contributed by atoms with Crippen LogP contribution in [0.4, 0.5) is 9.18 Å². The number of halogens is 1. The van der Waals surface area contributed by atoms with E-state index in [1.54, 1.807) is 42.2 Å². The third-order valence-corrected chi connectivity index (χ3v) is 7.19. The van der Waals surface area contributed by atoms with Gasteiger partial charge in [-0.25, -0.2) is 9.18 Å². The van der Waals surface area contributed by atoms with Gasteiger partial charge in [0.25, 0.3) is 5.91 Å². The third-order valence-electron chi connectivity index (χ3n) is 7.19. The minimum atomic E-state index is -1.11. The van der Waals surface area contributed by atoms with Crippen LogP contribution in [0.5, 0.6) is 11.5 Å². The van der Waals surface area contributed by atoms with Gasteiger partial charge in [0, 0.05) is 48.7 Å². The zero-order valence-corrected chi connectivity index (χ0v) is 20.3. The van der Waals surface area contributed by atoms with E-state index < -0.39 is 17.4 Å². The van der Waals surface area contributed by atoms with E-state index in [4.69, 9.17) is 4.74 Å². The van der Waals surface area contributed by atoms with Crippen LogP contribution in [0.3, 0.4) is 0 Å². The van der Waals surface area contributed by atoms with Gasteiger partial charge in [-0.15, -0.1) is 6.58 Å². The minimum Gasteiger partial charge on any atom is -0.508 e. The first kappa shape index (κ1) is 23.9. The van der Waals surface area contributed by atoms with Crippen LogP contribution in [0.2, 0.25) is 0 Å². The summed E-state index contributed by atoms with van der Waals surface area (Å²) in [6, 6.07) is 8.99. The zero-order chi connectivity index (χ0) is 25.6. The van der Waals surface area contributed by atoms with Crippen LogP contribution in [-0.2, 0) is 17.6 Å². The Balaban J connectivity index is 1.62. The second-order valence-corrected chi connectivity index (χ2v) is 9.49. The number of amides is 3. The summed E-state index contributed by atoms with van der Waals surface area (Å²) in [4.78, 5) is 33.7. The maximum atomic E-state index is 14.5. The Morgan fingerprint density at radius 2 is 2.14 bits per heavy atom. The van der Waals surface area contributed by atoms with Gasteiger partial charge in [0.15, 0.2) is 11.6 Å². The van der Waals surface area contributed by atoms with E-state index in [0.717, 1.165) is 22.2 Å². The van der Waals surface area contributed by atoms with Gasteiger partial charge in [-0.05, 0) is 42.7 Å². The Kier molecular flexibility index (Phi) is 5.96. The highest BCUT2D eigenvalue weighted by molar-refractivity contribution is 6.08. The first-order valence-electron chi connectivity index (χ1n) is 11.9. The van der Waals surface area contributed by atoms with Crippen LogP contribution in [0.15, 0.2) is 49.1 Å². The van der Waals surface area contributed by atoms with Crippen LogP contribution >= 0.6 is 0 Å². The topological polar surface area (TPSA) is 97.9 Å². The van der Waals surface area contributed by atoms with Crippen molar-refractivity contribution in [2.45, 2.75) is 31.3 Å². The fourth-order valence-electron chi connectivity index (χ4n) is 5.53.